The lowest BCUT2D eigenvalue weighted by atomic mass is 10.1. The zero-order valence-corrected chi connectivity index (χ0v) is 16.4. The molecule has 23 heavy (non-hydrogen) atoms. The Labute approximate surface area is 154 Å². The predicted octanol–water partition coefficient (Wildman–Crippen LogP) is 2.33. The van der Waals surface area contributed by atoms with Crippen LogP contribution in [-0.4, -0.2) is 31.5 Å². The smallest absolute Gasteiger partial charge is 0.221 e. The average Bonchev–Trinajstić information content (AvgIpc) is 2.45. The highest BCUT2D eigenvalue weighted by molar-refractivity contribution is 14.0. The number of amides is 1. The van der Waals surface area contributed by atoms with Gasteiger partial charge in [0.15, 0.2) is 5.96 Å². The number of hydrogen-bond donors (Lipinski definition) is 3. The van der Waals surface area contributed by atoms with E-state index in [9.17, 15) is 9.18 Å². The van der Waals surface area contributed by atoms with Gasteiger partial charge in [0.2, 0.25) is 5.91 Å². The first-order valence-electron chi connectivity index (χ1n) is 7.41. The molecule has 0 radical (unpaired) electrons. The number of guanidine groups is 1. The summed E-state index contributed by atoms with van der Waals surface area (Å²) in [5, 5.41) is 8.96. The van der Waals surface area contributed by atoms with Crippen molar-refractivity contribution in [2.24, 2.45) is 4.99 Å². The lowest BCUT2D eigenvalue weighted by molar-refractivity contribution is -0.121. The van der Waals surface area contributed by atoms with Crippen LogP contribution in [-0.2, 0) is 11.3 Å². The second-order valence-corrected chi connectivity index (χ2v) is 5.41. The van der Waals surface area contributed by atoms with Gasteiger partial charge in [0.1, 0.15) is 5.82 Å². The first kappa shape index (κ1) is 21.6. The van der Waals surface area contributed by atoms with Crippen molar-refractivity contribution in [1.82, 2.24) is 16.0 Å². The molecule has 0 heterocycles. The maximum absolute atomic E-state index is 13.5. The molecule has 0 unspecified atom stereocenters. The van der Waals surface area contributed by atoms with E-state index in [-0.39, 0.29) is 41.7 Å². The van der Waals surface area contributed by atoms with E-state index in [0.717, 1.165) is 5.56 Å². The molecule has 0 aliphatic carbocycles. The number of hydrogen-bond acceptors (Lipinski definition) is 2. The van der Waals surface area contributed by atoms with Crippen molar-refractivity contribution in [3.05, 3.63) is 35.1 Å². The third-order valence-corrected chi connectivity index (χ3v) is 3.01. The molecule has 0 atom stereocenters. The minimum atomic E-state index is -0.215. The van der Waals surface area contributed by atoms with E-state index in [2.05, 4.69) is 20.9 Å². The number of carbonyl (C=O) groups excluding carboxylic acids is 1. The third kappa shape index (κ3) is 8.73. The van der Waals surface area contributed by atoms with E-state index in [0.29, 0.717) is 31.0 Å². The summed E-state index contributed by atoms with van der Waals surface area (Å²) in [5.74, 6) is 0.365. The number of benzene rings is 1. The summed E-state index contributed by atoms with van der Waals surface area (Å²) in [4.78, 5) is 15.6. The van der Waals surface area contributed by atoms with Crippen LogP contribution in [0.2, 0.25) is 0 Å². The van der Waals surface area contributed by atoms with Crippen molar-refractivity contribution in [3.63, 3.8) is 0 Å². The molecule has 0 bridgehead atoms. The van der Waals surface area contributed by atoms with E-state index in [1.54, 1.807) is 20.0 Å². The molecule has 0 spiro atoms. The van der Waals surface area contributed by atoms with Crippen LogP contribution in [0.15, 0.2) is 23.2 Å². The van der Waals surface area contributed by atoms with Gasteiger partial charge in [0.05, 0.1) is 0 Å². The largest absolute Gasteiger partial charge is 0.356 e. The summed E-state index contributed by atoms with van der Waals surface area (Å²) in [6.45, 7) is 6.53. The molecule has 0 fully saturated rings. The normalized spacial score (nSPS) is 11.0. The van der Waals surface area contributed by atoms with E-state index in [1.807, 2.05) is 19.9 Å². The molecule has 7 heteroatoms. The number of nitrogens with one attached hydrogen (secondary N) is 3. The Morgan fingerprint density at radius 2 is 2.00 bits per heavy atom. The Morgan fingerprint density at radius 1 is 1.30 bits per heavy atom. The van der Waals surface area contributed by atoms with Gasteiger partial charge >= 0.3 is 0 Å². The maximum atomic E-state index is 13.5. The molecule has 1 aromatic carbocycles. The average molecular weight is 436 g/mol. The van der Waals surface area contributed by atoms with Gasteiger partial charge in [-0.3, -0.25) is 9.79 Å². The summed E-state index contributed by atoms with van der Waals surface area (Å²) >= 11 is 0. The molecular weight excluding hydrogens is 410 g/mol. The van der Waals surface area contributed by atoms with Gasteiger partial charge in [-0.25, -0.2) is 4.39 Å². The summed E-state index contributed by atoms with van der Waals surface area (Å²) in [6.07, 6.45) is 0.373. The SMILES string of the molecule is CN=C(NCCC(=O)NC(C)C)NCc1ccc(C)c(F)c1.I. The Morgan fingerprint density at radius 3 is 2.57 bits per heavy atom. The Kier molecular flexibility index (Phi) is 10.5. The highest BCUT2D eigenvalue weighted by Gasteiger charge is 2.04. The Bertz CT molecular complexity index is 535. The first-order chi connectivity index (χ1) is 10.4. The quantitative estimate of drug-likeness (QED) is 0.365. The van der Waals surface area contributed by atoms with E-state index in [4.69, 9.17) is 0 Å². The van der Waals surface area contributed by atoms with Crippen molar-refractivity contribution >= 4 is 35.8 Å². The zero-order chi connectivity index (χ0) is 16.5. The van der Waals surface area contributed by atoms with Crippen molar-refractivity contribution in [1.29, 1.82) is 0 Å². The minimum Gasteiger partial charge on any atom is -0.356 e. The molecule has 1 amide bonds. The Balaban J connectivity index is 0.00000484. The van der Waals surface area contributed by atoms with Crippen molar-refractivity contribution in [2.45, 2.75) is 39.8 Å². The maximum Gasteiger partial charge on any atom is 0.221 e. The fourth-order valence-electron chi connectivity index (χ4n) is 1.84. The first-order valence-corrected chi connectivity index (χ1v) is 7.41. The van der Waals surface area contributed by atoms with Crippen LogP contribution in [0.4, 0.5) is 4.39 Å². The standard InChI is InChI=1S/C16H25FN4O.HI/c1-11(2)21-15(22)7-8-19-16(18-4)20-10-13-6-5-12(3)14(17)9-13;/h5-6,9,11H,7-8,10H2,1-4H3,(H,21,22)(H2,18,19,20);1H. The van der Waals surface area contributed by atoms with Crippen molar-refractivity contribution < 1.29 is 9.18 Å². The van der Waals surface area contributed by atoms with E-state index >= 15 is 0 Å². The second-order valence-electron chi connectivity index (χ2n) is 5.41. The molecule has 0 saturated heterocycles. The van der Waals surface area contributed by atoms with Gasteiger partial charge in [-0.2, -0.15) is 0 Å². The van der Waals surface area contributed by atoms with Gasteiger partial charge in [-0.1, -0.05) is 12.1 Å². The fourth-order valence-corrected chi connectivity index (χ4v) is 1.84. The molecule has 5 nitrogen and oxygen atoms in total. The van der Waals surface area contributed by atoms with Gasteiger partial charge in [0, 0.05) is 32.6 Å². The van der Waals surface area contributed by atoms with Crippen LogP contribution < -0.4 is 16.0 Å². The van der Waals surface area contributed by atoms with Gasteiger partial charge in [0.25, 0.3) is 0 Å². The monoisotopic (exact) mass is 436 g/mol. The molecule has 3 N–H and O–H groups in total. The van der Waals surface area contributed by atoms with Crippen molar-refractivity contribution in [3.8, 4) is 0 Å². The third-order valence-electron chi connectivity index (χ3n) is 3.01. The highest BCUT2D eigenvalue weighted by Crippen LogP contribution is 2.08. The number of aryl methyl sites for hydroxylation is 1. The van der Waals surface area contributed by atoms with Crippen LogP contribution in [0, 0.1) is 12.7 Å². The number of nitrogens with zero attached hydrogens (tertiary/aromatic N) is 1. The second kappa shape index (κ2) is 11.2. The number of rotatable bonds is 6. The molecule has 1 aromatic rings. The molecule has 130 valence electrons. The lowest BCUT2D eigenvalue weighted by Gasteiger charge is -2.13. The van der Waals surface area contributed by atoms with Crippen LogP contribution in [0.1, 0.15) is 31.4 Å². The molecule has 0 aliphatic heterocycles. The number of aliphatic imine (C=N–C) groups is 1. The molecule has 0 saturated carbocycles. The minimum absolute atomic E-state index is 0. The molecule has 0 aliphatic rings. The van der Waals surface area contributed by atoms with E-state index < -0.39 is 0 Å². The van der Waals surface area contributed by atoms with Crippen LogP contribution in [0.25, 0.3) is 0 Å². The van der Waals surface area contributed by atoms with Crippen molar-refractivity contribution in [2.75, 3.05) is 13.6 Å². The topological polar surface area (TPSA) is 65.5 Å². The Hall–Kier alpha value is -1.38. The summed E-state index contributed by atoms with van der Waals surface area (Å²) < 4.78 is 13.5. The van der Waals surface area contributed by atoms with Crippen LogP contribution >= 0.6 is 24.0 Å². The lowest BCUT2D eigenvalue weighted by Crippen LogP contribution is -2.39. The molecule has 1 rings (SSSR count). The fraction of sp³-hybridized carbons (Fsp3) is 0.500. The summed E-state index contributed by atoms with van der Waals surface area (Å²) in [7, 11) is 1.65. The number of carbonyl (C=O) groups is 1. The molecule has 0 aromatic heterocycles. The summed E-state index contributed by atoms with van der Waals surface area (Å²) in [6, 6.07) is 5.26. The zero-order valence-electron chi connectivity index (χ0n) is 14.1. The van der Waals surface area contributed by atoms with Gasteiger partial charge in [-0.15, -0.1) is 24.0 Å². The van der Waals surface area contributed by atoms with Crippen LogP contribution in [0.5, 0.6) is 0 Å². The van der Waals surface area contributed by atoms with Gasteiger partial charge in [-0.05, 0) is 38.0 Å². The van der Waals surface area contributed by atoms with Crippen LogP contribution in [0.3, 0.4) is 0 Å². The highest BCUT2D eigenvalue weighted by atomic mass is 127. The van der Waals surface area contributed by atoms with E-state index in [1.165, 1.54) is 6.07 Å². The molecular formula is C16H26FIN4O. The summed E-state index contributed by atoms with van der Waals surface area (Å²) in [5.41, 5.74) is 1.46. The number of halogens is 2. The van der Waals surface area contributed by atoms with Gasteiger partial charge < -0.3 is 16.0 Å². The predicted molar refractivity (Wildman–Crippen MR) is 103 cm³/mol.